The Morgan fingerprint density at radius 1 is 1.47 bits per heavy atom. The minimum Gasteiger partial charge on any atom is -0.380 e. The van der Waals surface area contributed by atoms with Crippen LogP contribution < -0.4 is 5.32 Å². The first-order chi connectivity index (χ1) is 8.31. The topological polar surface area (TPSA) is 21.3 Å². The van der Waals surface area contributed by atoms with Crippen LogP contribution in [0.2, 0.25) is 0 Å². The Morgan fingerprint density at radius 2 is 2.35 bits per heavy atom. The highest BCUT2D eigenvalue weighted by atomic mass is 79.9. The molecule has 1 unspecified atom stereocenters. The van der Waals surface area contributed by atoms with Crippen molar-refractivity contribution in [1.29, 1.82) is 0 Å². The molecule has 0 aromatic heterocycles. The fraction of sp³-hybridized carbons (Fsp3) is 0.571. The van der Waals surface area contributed by atoms with Crippen LogP contribution in [-0.2, 0) is 17.8 Å². The van der Waals surface area contributed by atoms with Crippen molar-refractivity contribution in [3.05, 3.63) is 33.8 Å². The van der Waals surface area contributed by atoms with Gasteiger partial charge in [-0.05, 0) is 55.5 Å². The standard InChI is InChI=1S/C14H20BrNO/c1-17-10-12-5-2-6-14(15)13(12)8-11-4-3-7-16-9-11/h2,5-6,11,16H,3-4,7-10H2,1H3. The van der Waals surface area contributed by atoms with Crippen molar-refractivity contribution >= 4 is 15.9 Å². The minimum atomic E-state index is 0.703. The van der Waals surface area contributed by atoms with Crippen molar-refractivity contribution < 1.29 is 4.74 Å². The number of nitrogens with one attached hydrogen (secondary N) is 1. The largest absolute Gasteiger partial charge is 0.380 e. The molecular formula is C14H20BrNO. The number of halogens is 1. The van der Waals surface area contributed by atoms with Crippen molar-refractivity contribution in [2.75, 3.05) is 20.2 Å². The number of piperidine rings is 1. The Morgan fingerprint density at radius 3 is 3.06 bits per heavy atom. The third-order valence-electron chi connectivity index (χ3n) is 3.41. The molecule has 94 valence electrons. The van der Waals surface area contributed by atoms with Gasteiger partial charge >= 0.3 is 0 Å². The van der Waals surface area contributed by atoms with Crippen LogP contribution in [0.5, 0.6) is 0 Å². The Balaban J connectivity index is 2.12. The summed E-state index contributed by atoms with van der Waals surface area (Å²) in [7, 11) is 1.76. The summed E-state index contributed by atoms with van der Waals surface area (Å²) in [5.74, 6) is 0.762. The lowest BCUT2D eigenvalue weighted by molar-refractivity contribution is 0.183. The fourth-order valence-electron chi connectivity index (χ4n) is 2.51. The third-order valence-corrected chi connectivity index (χ3v) is 4.15. The summed E-state index contributed by atoms with van der Waals surface area (Å²) in [6.45, 7) is 3.03. The third kappa shape index (κ3) is 3.54. The van der Waals surface area contributed by atoms with Crippen LogP contribution in [0.1, 0.15) is 24.0 Å². The first-order valence-corrected chi connectivity index (χ1v) is 7.06. The number of hydrogen-bond donors (Lipinski definition) is 1. The van der Waals surface area contributed by atoms with Crippen molar-refractivity contribution in [1.82, 2.24) is 5.32 Å². The van der Waals surface area contributed by atoms with Crippen LogP contribution >= 0.6 is 15.9 Å². The summed E-state index contributed by atoms with van der Waals surface area (Å²) < 4.78 is 6.50. The number of methoxy groups -OCH3 is 1. The minimum absolute atomic E-state index is 0.703. The first kappa shape index (κ1) is 13.1. The normalized spacial score (nSPS) is 20.5. The summed E-state index contributed by atoms with van der Waals surface area (Å²) in [5.41, 5.74) is 2.73. The van der Waals surface area contributed by atoms with Crippen molar-refractivity contribution in [3.8, 4) is 0 Å². The summed E-state index contributed by atoms with van der Waals surface area (Å²) in [4.78, 5) is 0. The number of benzene rings is 1. The summed E-state index contributed by atoms with van der Waals surface area (Å²) in [6.07, 6.45) is 3.78. The van der Waals surface area contributed by atoms with Crippen molar-refractivity contribution in [2.24, 2.45) is 5.92 Å². The molecule has 1 aromatic carbocycles. The second-order valence-corrected chi connectivity index (χ2v) is 5.58. The van der Waals surface area contributed by atoms with Crippen molar-refractivity contribution in [2.45, 2.75) is 25.9 Å². The molecule has 0 bridgehead atoms. The smallest absolute Gasteiger partial charge is 0.0716 e. The molecule has 0 radical (unpaired) electrons. The van der Waals surface area contributed by atoms with E-state index in [1.165, 1.54) is 35.0 Å². The number of rotatable bonds is 4. The molecule has 0 amide bonds. The van der Waals surface area contributed by atoms with Gasteiger partial charge in [0.05, 0.1) is 6.61 Å². The monoisotopic (exact) mass is 297 g/mol. The molecular weight excluding hydrogens is 278 g/mol. The van der Waals surface area contributed by atoms with Gasteiger partial charge in [-0.15, -0.1) is 0 Å². The molecule has 1 aliphatic heterocycles. The molecule has 1 atom stereocenters. The Bertz CT molecular complexity index is 361. The van der Waals surface area contributed by atoms with Crippen LogP contribution in [-0.4, -0.2) is 20.2 Å². The maximum atomic E-state index is 5.28. The van der Waals surface area contributed by atoms with Gasteiger partial charge in [-0.2, -0.15) is 0 Å². The molecule has 2 nitrogen and oxygen atoms in total. The van der Waals surface area contributed by atoms with Gasteiger partial charge in [0.15, 0.2) is 0 Å². The summed E-state index contributed by atoms with van der Waals surface area (Å²) in [6, 6.07) is 6.38. The molecule has 1 saturated heterocycles. The zero-order valence-corrected chi connectivity index (χ0v) is 11.9. The van der Waals surface area contributed by atoms with Gasteiger partial charge in [0.1, 0.15) is 0 Å². The average molecular weight is 298 g/mol. The highest BCUT2D eigenvalue weighted by Crippen LogP contribution is 2.26. The molecule has 1 heterocycles. The Hall–Kier alpha value is -0.380. The zero-order valence-electron chi connectivity index (χ0n) is 10.3. The van der Waals surface area contributed by atoms with Crippen molar-refractivity contribution in [3.63, 3.8) is 0 Å². The predicted octanol–water partition coefficient (Wildman–Crippen LogP) is 3.14. The maximum Gasteiger partial charge on any atom is 0.0716 e. The van der Waals surface area contributed by atoms with E-state index in [-0.39, 0.29) is 0 Å². The first-order valence-electron chi connectivity index (χ1n) is 6.27. The van der Waals surface area contributed by atoms with Gasteiger partial charge in [-0.25, -0.2) is 0 Å². The maximum absolute atomic E-state index is 5.28. The molecule has 1 fully saturated rings. The van der Waals surface area contributed by atoms with Gasteiger partial charge < -0.3 is 10.1 Å². The van der Waals surface area contributed by atoms with Crippen LogP contribution in [0.4, 0.5) is 0 Å². The second kappa shape index (κ2) is 6.53. The Kier molecular flexibility index (Phi) is 5.01. The molecule has 2 rings (SSSR count). The predicted molar refractivity (Wildman–Crippen MR) is 74.2 cm³/mol. The van der Waals surface area contributed by atoms with E-state index in [4.69, 9.17) is 4.74 Å². The number of ether oxygens (including phenoxy) is 1. The molecule has 0 saturated carbocycles. The second-order valence-electron chi connectivity index (χ2n) is 4.73. The fourth-order valence-corrected chi connectivity index (χ4v) is 3.08. The van der Waals surface area contributed by atoms with E-state index in [2.05, 4.69) is 39.4 Å². The SMILES string of the molecule is COCc1cccc(Br)c1CC1CCCNC1. The lowest BCUT2D eigenvalue weighted by atomic mass is 9.90. The van der Waals surface area contributed by atoms with Gasteiger partial charge in [-0.3, -0.25) is 0 Å². The quantitative estimate of drug-likeness (QED) is 0.922. The van der Waals surface area contributed by atoms with Crippen LogP contribution in [0.15, 0.2) is 22.7 Å². The van der Waals surface area contributed by atoms with E-state index < -0.39 is 0 Å². The average Bonchev–Trinajstić information content (AvgIpc) is 2.35. The zero-order chi connectivity index (χ0) is 12.1. The van der Waals surface area contributed by atoms with Crippen LogP contribution in [0, 0.1) is 5.92 Å². The lowest BCUT2D eigenvalue weighted by Gasteiger charge is -2.24. The van der Waals surface area contributed by atoms with Crippen LogP contribution in [0.25, 0.3) is 0 Å². The van der Waals surface area contributed by atoms with E-state index >= 15 is 0 Å². The summed E-state index contributed by atoms with van der Waals surface area (Å²) >= 11 is 3.67. The lowest BCUT2D eigenvalue weighted by Crippen LogP contribution is -2.31. The molecule has 1 N–H and O–H groups in total. The van der Waals surface area contributed by atoms with E-state index in [1.54, 1.807) is 7.11 Å². The van der Waals surface area contributed by atoms with Gasteiger partial charge in [0, 0.05) is 11.6 Å². The summed E-state index contributed by atoms with van der Waals surface area (Å²) in [5, 5.41) is 3.48. The van der Waals surface area contributed by atoms with Gasteiger partial charge in [0.2, 0.25) is 0 Å². The van der Waals surface area contributed by atoms with E-state index in [1.807, 2.05) is 0 Å². The number of hydrogen-bond acceptors (Lipinski definition) is 2. The van der Waals surface area contributed by atoms with E-state index in [0.717, 1.165) is 18.9 Å². The molecule has 1 aromatic rings. The molecule has 0 spiro atoms. The van der Waals surface area contributed by atoms with Crippen LogP contribution in [0.3, 0.4) is 0 Å². The van der Waals surface area contributed by atoms with E-state index in [0.29, 0.717) is 6.61 Å². The highest BCUT2D eigenvalue weighted by Gasteiger charge is 2.16. The molecule has 1 aliphatic rings. The van der Waals surface area contributed by atoms with Gasteiger partial charge in [-0.1, -0.05) is 28.1 Å². The van der Waals surface area contributed by atoms with E-state index in [9.17, 15) is 0 Å². The highest BCUT2D eigenvalue weighted by molar-refractivity contribution is 9.10. The molecule has 0 aliphatic carbocycles. The molecule has 17 heavy (non-hydrogen) atoms. The molecule has 3 heteroatoms. The Labute approximate surface area is 112 Å². The van der Waals surface area contributed by atoms with Gasteiger partial charge in [0.25, 0.3) is 0 Å².